The van der Waals surface area contributed by atoms with Gasteiger partial charge < -0.3 is 19.1 Å². The maximum Gasteiger partial charge on any atom is 0.411 e. The highest BCUT2D eigenvalue weighted by atomic mass is 19.4. The molecule has 1 aliphatic heterocycles. The van der Waals surface area contributed by atoms with E-state index < -0.39 is 12.8 Å². The molecule has 2 aromatic rings. The van der Waals surface area contributed by atoms with Crippen LogP contribution in [0.2, 0.25) is 0 Å². The fourth-order valence-corrected chi connectivity index (χ4v) is 3.22. The van der Waals surface area contributed by atoms with Crippen LogP contribution in [0.4, 0.5) is 18.9 Å². The summed E-state index contributed by atoms with van der Waals surface area (Å²) in [6.07, 6.45) is -1.34. The van der Waals surface area contributed by atoms with Crippen molar-refractivity contribution in [1.82, 2.24) is 0 Å². The number of morpholine rings is 1. The number of hydrogen-bond donors (Lipinski definition) is 0. The van der Waals surface area contributed by atoms with E-state index in [1.807, 2.05) is 12.1 Å². The van der Waals surface area contributed by atoms with Gasteiger partial charge in [0.1, 0.15) is 12.4 Å². The Bertz CT molecular complexity index is 904. The highest BCUT2D eigenvalue weighted by Gasteiger charge is 2.27. The number of halogens is 3. The zero-order valence-corrected chi connectivity index (χ0v) is 17.2. The van der Waals surface area contributed by atoms with Crippen molar-refractivity contribution in [3.05, 3.63) is 65.2 Å². The molecule has 0 amide bonds. The van der Waals surface area contributed by atoms with E-state index in [0.29, 0.717) is 35.7 Å². The first-order valence-electron chi connectivity index (χ1n) is 9.82. The molecule has 1 saturated heterocycles. The molecule has 1 heterocycles. The maximum atomic E-state index is 12.5. The molecule has 0 saturated carbocycles. The summed E-state index contributed by atoms with van der Waals surface area (Å²) < 4.78 is 52.2. The van der Waals surface area contributed by atoms with E-state index in [9.17, 15) is 18.0 Å². The van der Waals surface area contributed by atoms with Crippen LogP contribution in [0.3, 0.4) is 0 Å². The van der Waals surface area contributed by atoms with Crippen LogP contribution in [0, 0.1) is 0 Å². The smallest absolute Gasteiger partial charge is 0.411 e. The molecular weight excluding hydrogens is 411 g/mol. The molecule has 1 fully saturated rings. The molecule has 0 aromatic heterocycles. The van der Waals surface area contributed by atoms with E-state index >= 15 is 0 Å². The summed E-state index contributed by atoms with van der Waals surface area (Å²) in [5.74, 6) is 0.253. The normalized spacial score (nSPS) is 14.8. The van der Waals surface area contributed by atoms with Gasteiger partial charge in [-0.1, -0.05) is 12.1 Å². The van der Waals surface area contributed by atoms with E-state index in [2.05, 4.69) is 4.90 Å². The van der Waals surface area contributed by atoms with Gasteiger partial charge >= 0.3 is 6.18 Å². The molecule has 0 unspecified atom stereocenters. The molecule has 8 heteroatoms. The number of allylic oxidation sites excluding steroid dienone is 1. The molecule has 0 radical (unpaired) electrons. The van der Waals surface area contributed by atoms with Crippen molar-refractivity contribution < 1.29 is 32.2 Å². The Balaban J connectivity index is 1.64. The number of rotatable bonds is 8. The number of nitrogens with zero attached hydrogens (tertiary/aromatic N) is 1. The van der Waals surface area contributed by atoms with E-state index in [1.54, 1.807) is 36.4 Å². The number of ether oxygens (including phenoxy) is 3. The van der Waals surface area contributed by atoms with Crippen molar-refractivity contribution in [3.8, 4) is 5.75 Å². The number of ketones is 1. The Morgan fingerprint density at radius 1 is 1.13 bits per heavy atom. The van der Waals surface area contributed by atoms with Crippen LogP contribution in [-0.4, -0.2) is 52.0 Å². The van der Waals surface area contributed by atoms with Gasteiger partial charge in [0.05, 0.1) is 26.9 Å². The van der Waals surface area contributed by atoms with E-state index in [4.69, 9.17) is 14.2 Å². The van der Waals surface area contributed by atoms with Gasteiger partial charge in [0.2, 0.25) is 0 Å². The topological polar surface area (TPSA) is 48.0 Å². The first-order chi connectivity index (χ1) is 14.9. The lowest BCUT2D eigenvalue weighted by Gasteiger charge is -2.28. The van der Waals surface area contributed by atoms with Gasteiger partial charge in [-0.15, -0.1) is 0 Å². The SMILES string of the molecule is COc1ccc(/C=C/C(=O)c2ccc(N3CCOCC3)cc2)cc1COCC(F)(F)F. The maximum absolute atomic E-state index is 12.5. The monoisotopic (exact) mass is 435 g/mol. The Labute approximate surface area is 179 Å². The average molecular weight is 435 g/mol. The highest BCUT2D eigenvalue weighted by molar-refractivity contribution is 6.07. The average Bonchev–Trinajstić information content (AvgIpc) is 2.77. The summed E-state index contributed by atoms with van der Waals surface area (Å²) in [6.45, 7) is 1.43. The zero-order chi connectivity index (χ0) is 22.3. The van der Waals surface area contributed by atoms with Gasteiger partial charge in [0.25, 0.3) is 0 Å². The van der Waals surface area contributed by atoms with Crippen molar-refractivity contribution in [2.75, 3.05) is 44.9 Å². The molecule has 5 nitrogen and oxygen atoms in total. The first kappa shape index (κ1) is 22.8. The molecule has 0 N–H and O–H groups in total. The molecule has 0 bridgehead atoms. The number of alkyl halides is 3. The third-order valence-corrected chi connectivity index (χ3v) is 4.78. The minimum atomic E-state index is -4.39. The molecule has 0 atom stereocenters. The highest BCUT2D eigenvalue weighted by Crippen LogP contribution is 2.23. The summed E-state index contributed by atoms with van der Waals surface area (Å²) in [5.41, 5.74) is 2.72. The van der Waals surface area contributed by atoms with Gasteiger partial charge in [-0.2, -0.15) is 13.2 Å². The van der Waals surface area contributed by atoms with Crippen LogP contribution >= 0.6 is 0 Å². The molecule has 0 aliphatic carbocycles. The number of carbonyl (C=O) groups excluding carboxylic acids is 1. The molecule has 1 aliphatic rings. The van der Waals surface area contributed by atoms with Crippen LogP contribution in [0.1, 0.15) is 21.5 Å². The summed E-state index contributed by atoms with van der Waals surface area (Å²) in [7, 11) is 1.43. The minimum Gasteiger partial charge on any atom is -0.496 e. The second kappa shape index (κ2) is 10.5. The summed E-state index contributed by atoms with van der Waals surface area (Å²) in [4.78, 5) is 14.7. The van der Waals surface area contributed by atoms with Gasteiger partial charge in [0, 0.05) is 29.9 Å². The largest absolute Gasteiger partial charge is 0.496 e. The van der Waals surface area contributed by atoms with Crippen molar-refractivity contribution in [1.29, 1.82) is 0 Å². The fraction of sp³-hybridized carbons (Fsp3) is 0.348. The lowest BCUT2D eigenvalue weighted by atomic mass is 10.1. The minimum absolute atomic E-state index is 0.167. The lowest BCUT2D eigenvalue weighted by Crippen LogP contribution is -2.36. The quantitative estimate of drug-likeness (QED) is 0.451. The number of benzene rings is 2. The van der Waals surface area contributed by atoms with E-state index in [1.165, 1.54) is 13.2 Å². The summed E-state index contributed by atoms with van der Waals surface area (Å²) in [6, 6.07) is 12.4. The molecule has 166 valence electrons. The number of carbonyl (C=O) groups is 1. The third kappa shape index (κ3) is 6.83. The van der Waals surface area contributed by atoms with Gasteiger partial charge in [-0.3, -0.25) is 4.79 Å². The molecular formula is C23H24F3NO4. The summed E-state index contributed by atoms with van der Waals surface area (Å²) in [5, 5.41) is 0. The molecule has 0 spiro atoms. The van der Waals surface area contributed by atoms with Crippen molar-refractivity contribution in [3.63, 3.8) is 0 Å². The first-order valence-corrected chi connectivity index (χ1v) is 9.82. The molecule has 31 heavy (non-hydrogen) atoms. The van der Waals surface area contributed by atoms with Crippen molar-refractivity contribution >= 4 is 17.5 Å². The van der Waals surface area contributed by atoms with Crippen LogP contribution in [0.5, 0.6) is 5.75 Å². The Kier molecular flexibility index (Phi) is 7.70. The van der Waals surface area contributed by atoms with Crippen molar-refractivity contribution in [2.24, 2.45) is 0 Å². The van der Waals surface area contributed by atoms with E-state index in [0.717, 1.165) is 18.8 Å². The number of hydrogen-bond acceptors (Lipinski definition) is 5. The van der Waals surface area contributed by atoms with Gasteiger partial charge in [0.15, 0.2) is 5.78 Å². The second-order valence-corrected chi connectivity index (χ2v) is 7.02. The van der Waals surface area contributed by atoms with Crippen LogP contribution in [-0.2, 0) is 16.1 Å². The lowest BCUT2D eigenvalue weighted by molar-refractivity contribution is -0.176. The predicted octanol–water partition coefficient (Wildman–Crippen LogP) is 4.51. The van der Waals surface area contributed by atoms with Gasteiger partial charge in [-0.25, -0.2) is 0 Å². The van der Waals surface area contributed by atoms with Crippen LogP contribution < -0.4 is 9.64 Å². The summed E-state index contributed by atoms with van der Waals surface area (Å²) >= 11 is 0. The van der Waals surface area contributed by atoms with Crippen LogP contribution in [0.15, 0.2) is 48.5 Å². The zero-order valence-electron chi connectivity index (χ0n) is 17.2. The fourth-order valence-electron chi connectivity index (χ4n) is 3.22. The number of anilines is 1. The van der Waals surface area contributed by atoms with E-state index in [-0.39, 0.29) is 12.4 Å². The standard InChI is InChI=1S/C23H24F3NO4/c1-29-22-9-3-17(14-19(22)15-31-16-23(24,25)26)2-8-21(28)18-4-6-20(7-5-18)27-10-12-30-13-11-27/h2-9,14H,10-13,15-16H2,1H3/b8-2+. The Morgan fingerprint density at radius 2 is 1.84 bits per heavy atom. The third-order valence-electron chi connectivity index (χ3n) is 4.78. The Morgan fingerprint density at radius 3 is 2.48 bits per heavy atom. The number of methoxy groups -OCH3 is 1. The molecule has 2 aromatic carbocycles. The molecule has 3 rings (SSSR count). The predicted molar refractivity (Wildman–Crippen MR) is 112 cm³/mol. The Hall–Kier alpha value is -2.84. The van der Waals surface area contributed by atoms with Crippen molar-refractivity contribution in [2.45, 2.75) is 12.8 Å². The van der Waals surface area contributed by atoms with Crippen LogP contribution in [0.25, 0.3) is 6.08 Å². The van der Waals surface area contributed by atoms with Gasteiger partial charge in [-0.05, 0) is 48.0 Å². The second-order valence-electron chi connectivity index (χ2n) is 7.02.